The number of nitriles is 1. The highest BCUT2D eigenvalue weighted by atomic mass is 79.9. The number of carbonyl (C=O) groups excluding carboxylic acids is 1. The van der Waals surface area contributed by atoms with Crippen LogP contribution in [0.3, 0.4) is 0 Å². The maximum Gasteiger partial charge on any atom is 0.185 e. The molecule has 0 aliphatic heterocycles. The van der Waals surface area contributed by atoms with Crippen molar-refractivity contribution < 1.29 is 14.6 Å². The first-order valence-corrected chi connectivity index (χ1v) is 7.13. The first kappa shape index (κ1) is 15.8. The Bertz CT molecular complexity index is 774. The number of allylic oxidation sites excluding steroid dienone is 1. The van der Waals surface area contributed by atoms with Gasteiger partial charge >= 0.3 is 0 Å². The molecule has 1 N–H and O–H groups in total. The summed E-state index contributed by atoms with van der Waals surface area (Å²) < 4.78 is 5.54. The van der Waals surface area contributed by atoms with Crippen LogP contribution in [0, 0.1) is 11.3 Å². The Morgan fingerprint density at radius 1 is 1.32 bits per heavy atom. The molecule has 110 valence electrons. The van der Waals surface area contributed by atoms with Gasteiger partial charge in [-0.05, 0) is 64.0 Å². The smallest absolute Gasteiger partial charge is 0.185 e. The number of ether oxygens (including phenoxy) is 1. The third-order valence-corrected chi connectivity index (χ3v) is 3.60. The quantitative estimate of drug-likeness (QED) is 0.664. The van der Waals surface area contributed by atoms with Crippen LogP contribution in [0.4, 0.5) is 0 Å². The highest BCUT2D eigenvalue weighted by Crippen LogP contribution is 2.35. The van der Waals surface area contributed by atoms with Crippen LogP contribution in [0.25, 0.3) is 6.08 Å². The second-order valence-corrected chi connectivity index (χ2v) is 5.29. The van der Waals surface area contributed by atoms with Crippen LogP contribution in [0.15, 0.2) is 46.9 Å². The van der Waals surface area contributed by atoms with Crippen molar-refractivity contribution in [2.45, 2.75) is 0 Å². The highest BCUT2D eigenvalue weighted by molar-refractivity contribution is 9.10. The zero-order valence-electron chi connectivity index (χ0n) is 11.7. The molecule has 0 fully saturated rings. The predicted octanol–water partition coefficient (Wildman–Crippen LogP) is 3.93. The van der Waals surface area contributed by atoms with Crippen LogP contribution < -0.4 is 4.74 Å². The third-order valence-electron chi connectivity index (χ3n) is 3.00. The second-order valence-electron chi connectivity index (χ2n) is 4.44. The Kier molecular flexibility index (Phi) is 4.97. The number of nitrogens with zero attached hydrogens (tertiary/aromatic N) is 1. The van der Waals surface area contributed by atoms with E-state index >= 15 is 0 Å². The predicted molar refractivity (Wildman–Crippen MR) is 86.9 cm³/mol. The zero-order valence-corrected chi connectivity index (χ0v) is 13.3. The lowest BCUT2D eigenvalue weighted by Gasteiger charge is -2.06. The zero-order chi connectivity index (χ0) is 16.1. The summed E-state index contributed by atoms with van der Waals surface area (Å²) in [6.07, 6.45) is 3.06. The van der Waals surface area contributed by atoms with E-state index < -0.39 is 0 Å². The van der Waals surface area contributed by atoms with E-state index in [0.717, 1.165) is 0 Å². The van der Waals surface area contributed by atoms with Gasteiger partial charge in [0.05, 0.1) is 23.2 Å². The molecule has 0 aliphatic rings. The molecule has 2 rings (SSSR count). The molecule has 0 saturated heterocycles. The minimum Gasteiger partial charge on any atom is -0.503 e. The van der Waals surface area contributed by atoms with Gasteiger partial charge in [-0.15, -0.1) is 0 Å². The first-order chi connectivity index (χ1) is 10.5. The maximum atomic E-state index is 12.1. The molecule has 0 aliphatic carbocycles. The lowest BCUT2D eigenvalue weighted by atomic mass is 10.1. The highest BCUT2D eigenvalue weighted by Gasteiger charge is 2.08. The fourth-order valence-corrected chi connectivity index (χ4v) is 2.28. The molecule has 2 aromatic rings. The van der Waals surface area contributed by atoms with E-state index in [1.807, 2.05) is 6.07 Å². The number of hydrogen-bond acceptors (Lipinski definition) is 4. The molecule has 0 bridgehead atoms. The number of carbonyl (C=O) groups is 1. The van der Waals surface area contributed by atoms with Crippen molar-refractivity contribution in [2.75, 3.05) is 7.11 Å². The lowest BCUT2D eigenvalue weighted by Crippen LogP contribution is -1.94. The fraction of sp³-hybridized carbons (Fsp3) is 0.0588. The van der Waals surface area contributed by atoms with Crippen molar-refractivity contribution >= 4 is 27.8 Å². The topological polar surface area (TPSA) is 70.3 Å². The molecular weight excluding hydrogens is 346 g/mol. The van der Waals surface area contributed by atoms with Crippen LogP contribution in [-0.2, 0) is 0 Å². The largest absolute Gasteiger partial charge is 0.503 e. The molecule has 0 radical (unpaired) electrons. The number of rotatable bonds is 4. The summed E-state index contributed by atoms with van der Waals surface area (Å²) in [7, 11) is 1.46. The van der Waals surface area contributed by atoms with E-state index in [4.69, 9.17) is 10.00 Å². The first-order valence-electron chi connectivity index (χ1n) is 6.34. The van der Waals surface area contributed by atoms with Crippen molar-refractivity contribution in [1.82, 2.24) is 0 Å². The number of ketones is 1. The summed E-state index contributed by atoms with van der Waals surface area (Å²) in [5.74, 6) is 0.158. The van der Waals surface area contributed by atoms with Crippen molar-refractivity contribution in [2.24, 2.45) is 0 Å². The van der Waals surface area contributed by atoms with Gasteiger partial charge in [0.1, 0.15) is 0 Å². The average molecular weight is 358 g/mol. The van der Waals surface area contributed by atoms with Gasteiger partial charge in [0, 0.05) is 5.56 Å². The molecule has 0 amide bonds. The molecule has 0 saturated carbocycles. The number of methoxy groups -OCH3 is 1. The van der Waals surface area contributed by atoms with Gasteiger partial charge in [0.25, 0.3) is 0 Å². The van der Waals surface area contributed by atoms with Gasteiger partial charge in [0.15, 0.2) is 17.3 Å². The summed E-state index contributed by atoms with van der Waals surface area (Å²) in [6, 6.07) is 11.7. The maximum absolute atomic E-state index is 12.1. The summed E-state index contributed by atoms with van der Waals surface area (Å²) in [5.41, 5.74) is 1.72. The number of hydrogen-bond donors (Lipinski definition) is 1. The van der Waals surface area contributed by atoms with Gasteiger partial charge in [-0.3, -0.25) is 4.79 Å². The Labute approximate surface area is 136 Å². The van der Waals surface area contributed by atoms with Crippen molar-refractivity contribution in [3.05, 3.63) is 63.6 Å². The second kappa shape index (κ2) is 6.92. The van der Waals surface area contributed by atoms with Crippen LogP contribution in [0.5, 0.6) is 11.5 Å². The molecule has 5 heteroatoms. The monoisotopic (exact) mass is 357 g/mol. The minimum atomic E-state index is -0.173. The van der Waals surface area contributed by atoms with Gasteiger partial charge in [-0.1, -0.05) is 6.08 Å². The Morgan fingerprint density at radius 2 is 2.00 bits per heavy atom. The Morgan fingerprint density at radius 3 is 2.59 bits per heavy atom. The van der Waals surface area contributed by atoms with E-state index in [1.54, 1.807) is 42.5 Å². The lowest BCUT2D eigenvalue weighted by molar-refractivity contribution is 0.104. The third kappa shape index (κ3) is 3.54. The van der Waals surface area contributed by atoms with Crippen LogP contribution in [0.1, 0.15) is 21.5 Å². The van der Waals surface area contributed by atoms with Gasteiger partial charge in [-0.2, -0.15) is 5.26 Å². The van der Waals surface area contributed by atoms with Crippen molar-refractivity contribution in [1.29, 1.82) is 5.26 Å². The number of aromatic hydroxyl groups is 1. The summed E-state index contributed by atoms with van der Waals surface area (Å²) in [6.45, 7) is 0. The minimum absolute atomic E-state index is 0.0121. The molecule has 0 spiro atoms. The molecular formula is C17H12BrNO3. The van der Waals surface area contributed by atoms with Crippen LogP contribution >= 0.6 is 15.9 Å². The molecule has 0 unspecified atom stereocenters. The number of benzene rings is 2. The normalized spacial score (nSPS) is 10.4. The van der Waals surface area contributed by atoms with E-state index in [-0.39, 0.29) is 11.5 Å². The number of phenols is 1. The molecule has 22 heavy (non-hydrogen) atoms. The number of phenolic OH excluding ortho intramolecular Hbond substituents is 1. The number of halogens is 1. The van der Waals surface area contributed by atoms with Gasteiger partial charge in [0.2, 0.25) is 0 Å². The molecule has 0 atom stereocenters. The summed E-state index contributed by atoms with van der Waals surface area (Å²) in [5, 5.41) is 18.5. The average Bonchev–Trinajstić information content (AvgIpc) is 2.55. The summed E-state index contributed by atoms with van der Waals surface area (Å²) >= 11 is 3.23. The van der Waals surface area contributed by atoms with Crippen LogP contribution in [-0.4, -0.2) is 18.0 Å². The molecule has 0 heterocycles. The van der Waals surface area contributed by atoms with Crippen molar-refractivity contribution in [3.8, 4) is 17.6 Å². The fourth-order valence-electron chi connectivity index (χ4n) is 1.82. The standard InChI is InChI=1S/C17H12BrNO3/c1-22-16-9-12(8-14(18)17(16)21)4-7-15(20)13-5-2-11(10-19)3-6-13/h2-9,21H,1H3/b7-4+. The van der Waals surface area contributed by atoms with E-state index in [2.05, 4.69) is 15.9 Å². The summed E-state index contributed by atoms with van der Waals surface area (Å²) in [4.78, 5) is 12.1. The molecule has 2 aromatic carbocycles. The van der Waals surface area contributed by atoms with Crippen molar-refractivity contribution in [3.63, 3.8) is 0 Å². The SMILES string of the molecule is COc1cc(/C=C/C(=O)c2ccc(C#N)cc2)cc(Br)c1O. The van der Waals surface area contributed by atoms with E-state index in [9.17, 15) is 9.90 Å². The van der Waals surface area contributed by atoms with Gasteiger partial charge in [-0.25, -0.2) is 0 Å². The Hall–Kier alpha value is -2.58. The molecule has 4 nitrogen and oxygen atoms in total. The van der Waals surface area contributed by atoms with E-state index in [0.29, 0.717) is 26.9 Å². The Balaban J connectivity index is 2.22. The van der Waals surface area contributed by atoms with Crippen LogP contribution in [0.2, 0.25) is 0 Å². The van der Waals surface area contributed by atoms with Gasteiger partial charge < -0.3 is 9.84 Å². The molecule has 0 aromatic heterocycles. The van der Waals surface area contributed by atoms with E-state index in [1.165, 1.54) is 13.2 Å².